The molecule has 0 radical (unpaired) electrons. The van der Waals surface area contributed by atoms with Crippen molar-refractivity contribution in [3.63, 3.8) is 0 Å². The summed E-state index contributed by atoms with van der Waals surface area (Å²) in [6.07, 6.45) is -1.11. The molecule has 2 atom stereocenters. The van der Waals surface area contributed by atoms with Crippen molar-refractivity contribution in [2.24, 2.45) is 5.73 Å². The van der Waals surface area contributed by atoms with Gasteiger partial charge in [0.2, 0.25) is 0 Å². The van der Waals surface area contributed by atoms with E-state index in [-0.39, 0.29) is 17.9 Å². The Kier molecular flexibility index (Phi) is 8.72. The second-order valence-electron chi connectivity index (χ2n) is 4.89. The minimum Gasteiger partial charge on any atom is -0.504 e. The molecule has 10 N–H and O–H groups in total. The second kappa shape index (κ2) is 9.27. The van der Waals surface area contributed by atoms with E-state index in [9.17, 15) is 13.9 Å². The van der Waals surface area contributed by atoms with Crippen LogP contribution in [0.4, 0.5) is 0 Å². The number of carbonyl (C=O) groups is 1. The molecule has 0 spiro atoms. The number of aromatic hydroxyl groups is 2. The highest BCUT2D eigenvalue weighted by atomic mass is 31.2. The molecule has 1 rings (SSSR count). The van der Waals surface area contributed by atoms with Gasteiger partial charge in [-0.05, 0) is 24.1 Å². The van der Waals surface area contributed by atoms with E-state index in [2.05, 4.69) is 0 Å². The van der Waals surface area contributed by atoms with Crippen LogP contribution in [0.3, 0.4) is 0 Å². The van der Waals surface area contributed by atoms with Gasteiger partial charge in [-0.25, -0.2) is 0 Å². The zero-order valence-corrected chi connectivity index (χ0v) is 14.4. The van der Waals surface area contributed by atoms with Crippen molar-refractivity contribution in [1.82, 2.24) is 0 Å². The Morgan fingerprint density at radius 1 is 1.08 bits per heavy atom. The molecular formula is C11H19NO11P2. The van der Waals surface area contributed by atoms with E-state index in [4.69, 9.17) is 45.7 Å². The number of hydrogen-bond donors (Lipinski definition) is 9. The molecule has 0 fully saturated rings. The normalized spacial score (nSPS) is 14.2. The smallest absolute Gasteiger partial charge is 0.354 e. The van der Waals surface area contributed by atoms with E-state index in [1.165, 1.54) is 18.2 Å². The van der Waals surface area contributed by atoms with Crippen LogP contribution in [-0.2, 0) is 20.3 Å². The predicted octanol–water partition coefficient (Wildman–Crippen LogP) is -1.29. The Bertz CT molecular complexity index is 683. The molecule has 144 valence electrons. The largest absolute Gasteiger partial charge is 0.504 e. The first kappa shape index (κ1) is 23.5. The molecule has 0 saturated heterocycles. The third kappa shape index (κ3) is 10.2. The van der Waals surface area contributed by atoms with Crippen molar-refractivity contribution >= 4 is 21.2 Å². The molecular weight excluding hydrogens is 384 g/mol. The summed E-state index contributed by atoms with van der Waals surface area (Å²) in [4.78, 5) is 43.1. The van der Waals surface area contributed by atoms with Gasteiger partial charge in [-0.2, -0.15) is 0 Å². The lowest BCUT2D eigenvalue weighted by molar-refractivity contribution is -0.138. The van der Waals surface area contributed by atoms with Crippen LogP contribution in [0, 0.1) is 0 Å². The molecule has 14 heteroatoms. The highest BCUT2D eigenvalue weighted by Gasteiger charge is 2.32. The number of hydrogen-bond acceptors (Lipinski definition) is 7. The first-order valence-electron chi connectivity index (χ1n) is 6.40. The van der Waals surface area contributed by atoms with E-state index in [1.807, 2.05) is 0 Å². The second-order valence-corrected chi connectivity index (χ2v) is 8.36. The van der Waals surface area contributed by atoms with Crippen LogP contribution < -0.4 is 5.73 Å². The van der Waals surface area contributed by atoms with Gasteiger partial charge in [-0.15, -0.1) is 0 Å². The first-order chi connectivity index (χ1) is 11.1. The number of nitrogens with two attached hydrogens (primary N) is 1. The summed E-state index contributed by atoms with van der Waals surface area (Å²) in [5.41, 5.74) is 5.86. The quantitative estimate of drug-likeness (QED) is 0.199. The lowest BCUT2D eigenvalue weighted by Gasteiger charge is -2.12. The van der Waals surface area contributed by atoms with Crippen LogP contribution in [0.25, 0.3) is 0 Å². The summed E-state index contributed by atoms with van der Waals surface area (Å²) in [5, 5.41) is 35.1. The van der Waals surface area contributed by atoms with Gasteiger partial charge in [0, 0.05) is 0 Å². The minimum atomic E-state index is -4.79. The van der Waals surface area contributed by atoms with E-state index < -0.39 is 39.2 Å². The van der Waals surface area contributed by atoms with Gasteiger partial charge in [0.05, 0.1) is 6.16 Å². The maximum Gasteiger partial charge on any atom is 0.354 e. The molecule has 0 aliphatic heterocycles. The summed E-state index contributed by atoms with van der Waals surface area (Å²) in [5.74, 6) is -3.90. The van der Waals surface area contributed by atoms with Gasteiger partial charge in [0.25, 0.3) is 0 Å². The molecule has 0 saturated carbocycles. The zero-order chi connectivity index (χ0) is 20.0. The predicted molar refractivity (Wildman–Crippen MR) is 84.0 cm³/mol. The lowest BCUT2D eigenvalue weighted by Crippen LogP contribution is -2.32. The average molecular weight is 403 g/mol. The maximum absolute atomic E-state index is 10.4. The van der Waals surface area contributed by atoms with Crippen LogP contribution in [0.2, 0.25) is 0 Å². The molecule has 0 aliphatic rings. The highest BCUT2D eigenvalue weighted by molar-refractivity contribution is 7.56. The molecule has 0 heterocycles. The number of aliphatic carboxylic acids is 1. The number of carboxylic acids is 1. The Labute approximate surface area is 141 Å². The molecule has 1 aromatic carbocycles. The van der Waals surface area contributed by atoms with E-state index in [0.29, 0.717) is 5.56 Å². The summed E-state index contributed by atoms with van der Waals surface area (Å²) in [6, 6.07) is 3.09. The zero-order valence-electron chi connectivity index (χ0n) is 12.6. The van der Waals surface area contributed by atoms with Crippen LogP contribution >= 0.6 is 15.2 Å². The molecule has 1 unspecified atom stereocenters. The Morgan fingerprint density at radius 3 is 1.92 bits per heavy atom. The number of benzene rings is 1. The fourth-order valence-corrected chi connectivity index (χ4v) is 3.27. The lowest BCUT2D eigenvalue weighted by atomic mass is 10.1. The van der Waals surface area contributed by atoms with Crippen molar-refractivity contribution in [1.29, 1.82) is 0 Å². The average Bonchev–Trinajstić information content (AvgIpc) is 2.40. The molecule has 0 aromatic heterocycles. The van der Waals surface area contributed by atoms with Gasteiger partial charge in [-0.1, -0.05) is 6.07 Å². The van der Waals surface area contributed by atoms with Crippen molar-refractivity contribution in [3.05, 3.63) is 23.8 Å². The number of carboxylic acid groups (broad SMARTS) is 1. The molecule has 12 nitrogen and oxygen atoms in total. The number of rotatable bonds is 6. The van der Waals surface area contributed by atoms with E-state index in [1.54, 1.807) is 0 Å². The summed E-state index contributed by atoms with van der Waals surface area (Å²) in [7, 11) is -9.35. The molecule has 0 amide bonds. The third-order valence-electron chi connectivity index (χ3n) is 2.60. The minimum absolute atomic E-state index is 0.114. The van der Waals surface area contributed by atoms with Crippen molar-refractivity contribution in [2.75, 3.05) is 6.16 Å². The van der Waals surface area contributed by atoms with Crippen LogP contribution in [0.1, 0.15) is 5.56 Å². The summed E-state index contributed by atoms with van der Waals surface area (Å²) >= 11 is 0. The highest BCUT2D eigenvalue weighted by Crippen LogP contribution is 2.47. The molecule has 1 aromatic rings. The SMILES string of the molecule is N[C@@H](Cc1ccc(O)c(O)c1)C(=O)O.O=P(O)(O)CC(O)P(=O)(O)O. The van der Waals surface area contributed by atoms with Crippen molar-refractivity contribution in [2.45, 2.75) is 18.3 Å². The van der Waals surface area contributed by atoms with E-state index >= 15 is 0 Å². The standard InChI is InChI=1S/C9H11NO4.C2H8O7P2/c10-6(9(13)14)3-5-1-2-7(11)8(12)4-5;3-2(11(7,8)9)1-10(4,5)6/h1-2,4,6,11-12H,3,10H2,(H,13,14);2-3H,1H2,(H2,4,5,6)(H2,7,8,9)/t6-;/m0./s1. The fraction of sp³-hybridized carbons (Fsp3) is 0.364. The van der Waals surface area contributed by atoms with Gasteiger partial charge >= 0.3 is 21.2 Å². The number of aliphatic hydroxyl groups excluding tert-OH is 1. The Hall–Kier alpha value is -1.49. The van der Waals surface area contributed by atoms with Gasteiger partial charge in [0.1, 0.15) is 6.04 Å². The monoisotopic (exact) mass is 403 g/mol. The van der Waals surface area contributed by atoms with Gasteiger partial charge in [-0.3, -0.25) is 13.9 Å². The van der Waals surface area contributed by atoms with Crippen LogP contribution in [0.5, 0.6) is 11.5 Å². The molecule has 0 aliphatic carbocycles. The number of phenolic OH excluding ortho intramolecular Hbond substituents is 2. The number of phenols is 2. The summed E-state index contributed by atoms with van der Waals surface area (Å²) in [6.45, 7) is 0. The molecule has 25 heavy (non-hydrogen) atoms. The summed E-state index contributed by atoms with van der Waals surface area (Å²) < 4.78 is 20.2. The van der Waals surface area contributed by atoms with Crippen LogP contribution in [-0.4, -0.2) is 64.0 Å². The topological polar surface area (TPSA) is 239 Å². The molecule has 0 bridgehead atoms. The Morgan fingerprint density at radius 2 is 1.60 bits per heavy atom. The first-order valence-corrected chi connectivity index (χ1v) is 9.88. The van der Waals surface area contributed by atoms with Crippen LogP contribution in [0.15, 0.2) is 18.2 Å². The third-order valence-corrected chi connectivity index (χ3v) is 4.67. The van der Waals surface area contributed by atoms with Crippen molar-refractivity contribution < 1.29 is 53.9 Å². The maximum atomic E-state index is 10.4. The van der Waals surface area contributed by atoms with Crippen molar-refractivity contribution in [3.8, 4) is 11.5 Å². The Balaban J connectivity index is 0.000000477. The fourth-order valence-electron chi connectivity index (χ4n) is 1.36. The van der Waals surface area contributed by atoms with E-state index in [0.717, 1.165) is 0 Å². The van der Waals surface area contributed by atoms with Gasteiger partial charge < -0.3 is 45.7 Å². The van der Waals surface area contributed by atoms with Gasteiger partial charge in [0.15, 0.2) is 17.3 Å². The number of aliphatic hydroxyl groups is 1.